The number of imide groups is 1. The molecule has 0 spiro atoms. The van der Waals surface area contributed by atoms with E-state index in [-0.39, 0.29) is 17.8 Å². The third-order valence-electron chi connectivity index (χ3n) is 4.42. The number of nitrogens with one attached hydrogen (secondary N) is 1. The highest BCUT2D eigenvalue weighted by molar-refractivity contribution is 6.13. The molecule has 0 radical (unpaired) electrons. The first-order valence-electron chi connectivity index (χ1n) is 9.01. The van der Waals surface area contributed by atoms with Gasteiger partial charge in [-0.3, -0.25) is 9.69 Å². The van der Waals surface area contributed by atoms with Crippen molar-refractivity contribution in [3.8, 4) is 11.5 Å². The number of rotatable bonds is 5. The summed E-state index contributed by atoms with van der Waals surface area (Å²) in [5.41, 5.74) is 1.14. The molecule has 5 nitrogen and oxygen atoms in total. The van der Waals surface area contributed by atoms with E-state index < -0.39 is 17.8 Å². The number of carbonyl (C=O) groups is 2. The van der Waals surface area contributed by atoms with Gasteiger partial charge in [-0.25, -0.2) is 9.18 Å². The Balaban J connectivity index is 1.47. The molecule has 1 heterocycles. The van der Waals surface area contributed by atoms with E-state index in [4.69, 9.17) is 4.74 Å². The van der Waals surface area contributed by atoms with Gasteiger partial charge in [-0.2, -0.15) is 0 Å². The van der Waals surface area contributed by atoms with Crippen molar-refractivity contribution in [3.05, 3.63) is 102 Å². The Bertz CT molecular complexity index is 1080. The highest BCUT2D eigenvalue weighted by Gasteiger charge is 2.33. The number of halogens is 1. The molecule has 1 saturated heterocycles. The second-order valence-electron chi connectivity index (χ2n) is 6.46. The molecule has 6 heteroatoms. The van der Waals surface area contributed by atoms with Crippen LogP contribution in [0, 0.1) is 5.82 Å². The number of urea groups is 1. The summed E-state index contributed by atoms with van der Waals surface area (Å²) in [6, 6.07) is 22.0. The average Bonchev–Trinajstić information content (AvgIpc) is 2.99. The van der Waals surface area contributed by atoms with Gasteiger partial charge in [0.2, 0.25) is 0 Å². The van der Waals surface area contributed by atoms with Crippen LogP contribution in [0.5, 0.6) is 11.5 Å². The lowest BCUT2D eigenvalue weighted by atomic mass is 10.1. The first-order chi connectivity index (χ1) is 14.1. The minimum absolute atomic E-state index is 0.126. The summed E-state index contributed by atoms with van der Waals surface area (Å²) < 4.78 is 19.6. The number of hydrogen-bond donors (Lipinski definition) is 1. The van der Waals surface area contributed by atoms with E-state index in [0.29, 0.717) is 5.75 Å². The summed E-state index contributed by atoms with van der Waals surface area (Å²) in [6.07, 6.45) is 1.58. The number of amides is 3. The lowest BCUT2D eigenvalue weighted by Gasteiger charge is -2.12. The average molecular weight is 388 g/mol. The highest BCUT2D eigenvalue weighted by Crippen LogP contribution is 2.23. The Morgan fingerprint density at radius 2 is 1.52 bits per heavy atom. The lowest BCUT2D eigenvalue weighted by Crippen LogP contribution is -2.30. The fourth-order valence-electron chi connectivity index (χ4n) is 2.94. The largest absolute Gasteiger partial charge is 0.457 e. The van der Waals surface area contributed by atoms with Gasteiger partial charge in [-0.05, 0) is 42.0 Å². The quantitative estimate of drug-likeness (QED) is 0.509. The fourth-order valence-corrected chi connectivity index (χ4v) is 2.94. The smallest absolute Gasteiger partial charge is 0.329 e. The number of para-hydroxylation sites is 1. The van der Waals surface area contributed by atoms with Gasteiger partial charge >= 0.3 is 6.03 Å². The van der Waals surface area contributed by atoms with Crippen molar-refractivity contribution in [2.45, 2.75) is 6.54 Å². The van der Waals surface area contributed by atoms with Gasteiger partial charge in [0.05, 0.1) is 6.54 Å². The van der Waals surface area contributed by atoms with E-state index in [1.807, 2.05) is 30.3 Å². The van der Waals surface area contributed by atoms with Gasteiger partial charge in [0.25, 0.3) is 5.91 Å². The zero-order valence-corrected chi connectivity index (χ0v) is 15.3. The van der Waals surface area contributed by atoms with Crippen LogP contribution in [-0.4, -0.2) is 16.8 Å². The Morgan fingerprint density at radius 1 is 0.862 bits per heavy atom. The second-order valence-corrected chi connectivity index (χ2v) is 6.46. The standard InChI is InChI=1S/C23H17FN2O3/c24-20-9-5-4-6-17(20)15-26-22(27)21(25-23(26)28)14-16-10-12-19(13-11-16)29-18-7-2-1-3-8-18/h1-14H,15H2,(H,25,28). The maximum Gasteiger partial charge on any atom is 0.329 e. The summed E-state index contributed by atoms with van der Waals surface area (Å²) in [5.74, 6) is 0.421. The van der Waals surface area contributed by atoms with Crippen LogP contribution in [0.4, 0.5) is 9.18 Å². The van der Waals surface area contributed by atoms with Crippen molar-refractivity contribution < 1.29 is 18.7 Å². The second kappa shape index (κ2) is 7.98. The van der Waals surface area contributed by atoms with Crippen molar-refractivity contribution in [2.24, 2.45) is 0 Å². The molecular formula is C23H17FN2O3. The number of benzene rings is 3. The van der Waals surface area contributed by atoms with Crippen molar-refractivity contribution in [3.63, 3.8) is 0 Å². The van der Waals surface area contributed by atoms with E-state index in [2.05, 4.69) is 5.32 Å². The number of nitrogens with zero attached hydrogens (tertiary/aromatic N) is 1. The van der Waals surface area contributed by atoms with E-state index in [1.165, 1.54) is 6.07 Å². The van der Waals surface area contributed by atoms with Crippen LogP contribution in [0.15, 0.2) is 84.6 Å². The molecule has 29 heavy (non-hydrogen) atoms. The fraction of sp³-hybridized carbons (Fsp3) is 0.0435. The highest BCUT2D eigenvalue weighted by atomic mass is 19.1. The summed E-state index contributed by atoms with van der Waals surface area (Å²) in [7, 11) is 0. The van der Waals surface area contributed by atoms with Gasteiger partial charge in [-0.1, -0.05) is 48.5 Å². The summed E-state index contributed by atoms with van der Waals surface area (Å²) in [6.45, 7) is -0.126. The molecule has 1 fully saturated rings. The zero-order chi connectivity index (χ0) is 20.2. The summed E-state index contributed by atoms with van der Waals surface area (Å²) in [4.78, 5) is 25.7. The molecule has 1 aliphatic rings. The lowest BCUT2D eigenvalue weighted by molar-refractivity contribution is -0.123. The molecule has 0 saturated carbocycles. The van der Waals surface area contributed by atoms with Crippen molar-refractivity contribution in [2.75, 3.05) is 0 Å². The van der Waals surface area contributed by atoms with Crippen LogP contribution in [0.1, 0.15) is 11.1 Å². The van der Waals surface area contributed by atoms with Crippen molar-refractivity contribution >= 4 is 18.0 Å². The Morgan fingerprint density at radius 3 is 2.24 bits per heavy atom. The number of carbonyl (C=O) groups excluding carboxylic acids is 2. The molecule has 0 unspecified atom stereocenters. The molecule has 0 aromatic heterocycles. The van der Waals surface area contributed by atoms with E-state index in [0.717, 1.165) is 16.2 Å². The van der Waals surface area contributed by atoms with Crippen molar-refractivity contribution in [1.29, 1.82) is 0 Å². The van der Waals surface area contributed by atoms with Crippen LogP contribution in [0.25, 0.3) is 6.08 Å². The van der Waals surface area contributed by atoms with Gasteiger partial charge in [0.15, 0.2) is 0 Å². The molecule has 3 aromatic carbocycles. The van der Waals surface area contributed by atoms with Crippen LogP contribution >= 0.6 is 0 Å². The number of ether oxygens (including phenoxy) is 1. The van der Waals surface area contributed by atoms with Crippen molar-refractivity contribution in [1.82, 2.24) is 10.2 Å². The van der Waals surface area contributed by atoms with Gasteiger partial charge < -0.3 is 10.1 Å². The minimum Gasteiger partial charge on any atom is -0.457 e. The first kappa shape index (κ1) is 18.4. The van der Waals surface area contributed by atoms with Gasteiger partial charge in [0, 0.05) is 5.56 Å². The predicted octanol–water partition coefficient (Wildman–Crippen LogP) is 4.71. The first-order valence-corrected chi connectivity index (χ1v) is 9.01. The van der Waals surface area contributed by atoms with Crippen LogP contribution in [-0.2, 0) is 11.3 Å². The zero-order valence-electron chi connectivity index (χ0n) is 15.3. The van der Waals surface area contributed by atoms with E-state index >= 15 is 0 Å². The minimum atomic E-state index is -0.575. The van der Waals surface area contributed by atoms with E-state index in [1.54, 1.807) is 48.5 Å². The monoisotopic (exact) mass is 388 g/mol. The summed E-state index contributed by atoms with van der Waals surface area (Å²) in [5, 5.41) is 2.54. The SMILES string of the molecule is O=C1NC(=Cc2ccc(Oc3ccccc3)cc2)C(=O)N1Cc1ccccc1F. The summed E-state index contributed by atoms with van der Waals surface area (Å²) >= 11 is 0. The Hall–Kier alpha value is -3.93. The molecule has 0 aliphatic carbocycles. The normalized spacial score (nSPS) is 14.9. The Labute approximate surface area is 167 Å². The molecular weight excluding hydrogens is 371 g/mol. The third-order valence-corrected chi connectivity index (χ3v) is 4.42. The molecule has 1 N–H and O–H groups in total. The predicted molar refractivity (Wildman–Crippen MR) is 106 cm³/mol. The van der Waals surface area contributed by atoms with Crippen LogP contribution < -0.4 is 10.1 Å². The topological polar surface area (TPSA) is 58.6 Å². The van der Waals surface area contributed by atoms with Gasteiger partial charge in [0.1, 0.15) is 23.0 Å². The molecule has 0 atom stereocenters. The number of hydrogen-bond acceptors (Lipinski definition) is 3. The molecule has 1 aliphatic heterocycles. The molecule has 3 aromatic rings. The molecule has 0 bridgehead atoms. The van der Waals surface area contributed by atoms with Gasteiger partial charge in [-0.15, -0.1) is 0 Å². The van der Waals surface area contributed by atoms with Crippen LogP contribution in [0.3, 0.4) is 0 Å². The maximum absolute atomic E-state index is 13.8. The Kier molecular flexibility index (Phi) is 5.07. The molecule has 144 valence electrons. The molecule has 4 rings (SSSR count). The van der Waals surface area contributed by atoms with E-state index in [9.17, 15) is 14.0 Å². The maximum atomic E-state index is 13.8. The third kappa shape index (κ3) is 4.16. The van der Waals surface area contributed by atoms with Crippen LogP contribution in [0.2, 0.25) is 0 Å². The molecule has 3 amide bonds.